The molecule has 0 nitrogen and oxygen atoms in total. The Hall–Kier alpha value is -2.66. The summed E-state index contributed by atoms with van der Waals surface area (Å²) in [7, 11) is 0. The summed E-state index contributed by atoms with van der Waals surface area (Å²) in [5.41, 5.74) is 0. The molecule has 0 N–H and O–H groups in total. The Kier molecular flexibility index (Phi) is 6.16. The van der Waals surface area contributed by atoms with Gasteiger partial charge in [-0.15, -0.1) is 0 Å². The molecule has 0 aliphatic carbocycles. The number of benzene rings is 4. The summed E-state index contributed by atoms with van der Waals surface area (Å²) in [5.74, 6) is -35.3. The van der Waals surface area contributed by atoms with Crippen molar-refractivity contribution in [2.45, 2.75) is 0 Å². The van der Waals surface area contributed by atoms with Gasteiger partial charge in [-0.1, -0.05) is 0 Å². The minimum absolute atomic E-state index is 1.71. The average Bonchev–Trinajstić information content (AvgIpc) is 2.82. The number of fused-ring (bicyclic) bond motifs is 2. The average molecular weight is 619 g/mol. The van der Waals surface area contributed by atoms with E-state index in [-0.39, 0.29) is 0 Å². The number of halogens is 14. The second-order valence-corrected chi connectivity index (χ2v) is 12.1. The molecule has 0 unspecified atom stereocenters. The summed E-state index contributed by atoms with van der Waals surface area (Å²) < 4.78 is 194. The zero-order chi connectivity index (χ0) is 26.3. The van der Waals surface area contributed by atoms with Crippen molar-refractivity contribution < 1.29 is 85.7 Å². The maximum atomic E-state index is 14.9. The third kappa shape index (κ3) is 3.38. The van der Waals surface area contributed by atoms with Crippen molar-refractivity contribution in [2.24, 2.45) is 0 Å². The van der Waals surface area contributed by atoms with Gasteiger partial charge in [0.15, 0.2) is 0 Å². The molecule has 15 heteroatoms. The van der Waals surface area contributed by atoms with Crippen LogP contribution in [-0.2, 0) is 24.2 Å². The molecular formula is C20CdF14. The van der Waals surface area contributed by atoms with Gasteiger partial charge >= 0.3 is 195 Å². The first-order valence-electron chi connectivity index (χ1n) is 8.85. The number of hydrogen-bond acceptors (Lipinski definition) is 0. The molecule has 0 aliphatic rings. The molecule has 180 valence electrons. The van der Waals surface area contributed by atoms with Gasteiger partial charge in [0.2, 0.25) is 0 Å². The Balaban J connectivity index is 2.10. The Morgan fingerprint density at radius 2 is 0.429 bits per heavy atom. The van der Waals surface area contributed by atoms with E-state index in [0.29, 0.717) is 0 Å². The summed E-state index contributed by atoms with van der Waals surface area (Å²) in [6.07, 6.45) is 0. The van der Waals surface area contributed by atoms with E-state index >= 15 is 0 Å². The van der Waals surface area contributed by atoms with Gasteiger partial charge in [0.25, 0.3) is 0 Å². The van der Waals surface area contributed by atoms with Crippen LogP contribution in [0.1, 0.15) is 0 Å². The second kappa shape index (κ2) is 8.48. The van der Waals surface area contributed by atoms with Crippen LogP contribution in [0.4, 0.5) is 61.5 Å². The summed E-state index contributed by atoms with van der Waals surface area (Å²) in [5, 5.41) is -8.02. The molecule has 0 amide bonds. The van der Waals surface area contributed by atoms with E-state index in [2.05, 4.69) is 0 Å². The second-order valence-electron chi connectivity index (χ2n) is 7.03. The van der Waals surface area contributed by atoms with E-state index in [0.717, 1.165) is 0 Å². The van der Waals surface area contributed by atoms with E-state index in [1.807, 2.05) is 0 Å². The molecule has 4 aromatic carbocycles. The van der Waals surface area contributed by atoms with Crippen molar-refractivity contribution in [2.75, 3.05) is 0 Å². The molecule has 4 aromatic rings. The Bertz CT molecular complexity index is 1490. The summed E-state index contributed by atoms with van der Waals surface area (Å²) in [6, 6.07) is 0. The van der Waals surface area contributed by atoms with Gasteiger partial charge in [0, 0.05) is 0 Å². The quantitative estimate of drug-likeness (QED) is 0.112. The first kappa shape index (κ1) is 25.4. The molecule has 35 heavy (non-hydrogen) atoms. The van der Waals surface area contributed by atoms with E-state index in [1.54, 1.807) is 0 Å². The summed E-state index contributed by atoms with van der Waals surface area (Å²) >= 11 is -4.51. The van der Waals surface area contributed by atoms with Crippen LogP contribution in [0.25, 0.3) is 21.5 Å². The van der Waals surface area contributed by atoms with Crippen molar-refractivity contribution in [3.63, 3.8) is 0 Å². The normalized spacial score (nSPS) is 11.6. The Morgan fingerprint density at radius 3 is 0.686 bits per heavy atom. The van der Waals surface area contributed by atoms with Gasteiger partial charge in [-0.25, -0.2) is 0 Å². The molecule has 0 spiro atoms. The molecule has 0 atom stereocenters. The van der Waals surface area contributed by atoms with E-state index in [1.165, 1.54) is 0 Å². The van der Waals surface area contributed by atoms with Crippen molar-refractivity contribution in [3.8, 4) is 0 Å². The molecule has 0 aliphatic heterocycles. The van der Waals surface area contributed by atoms with Crippen LogP contribution in [-0.4, -0.2) is 0 Å². The zero-order valence-corrected chi connectivity index (χ0v) is 20.0. The third-order valence-corrected chi connectivity index (χ3v) is 10.8. The molecule has 0 saturated carbocycles. The van der Waals surface area contributed by atoms with Crippen LogP contribution in [0.15, 0.2) is 0 Å². The fourth-order valence-electron chi connectivity index (χ4n) is 3.55. The van der Waals surface area contributed by atoms with Crippen LogP contribution in [0.5, 0.6) is 0 Å². The molecule has 0 aromatic heterocycles. The standard InChI is InChI=1S/2C10F7.Cd/c2*11-2-1-3(12)6(13)5-4(2)7(14)9(16)10(17)8(5)15;. The van der Waals surface area contributed by atoms with Crippen molar-refractivity contribution in [1.29, 1.82) is 0 Å². The molecule has 0 fully saturated rings. The first-order chi connectivity index (χ1) is 16.2. The molecular weight excluding hydrogens is 619 g/mol. The van der Waals surface area contributed by atoms with Gasteiger partial charge in [0.05, 0.1) is 0 Å². The van der Waals surface area contributed by atoms with Gasteiger partial charge in [0.1, 0.15) is 0 Å². The van der Waals surface area contributed by atoms with Gasteiger partial charge in [-0.05, 0) is 0 Å². The third-order valence-electron chi connectivity index (χ3n) is 5.21. The Labute approximate surface area is 195 Å². The molecule has 0 radical (unpaired) electrons. The zero-order valence-electron chi connectivity index (χ0n) is 16.0. The van der Waals surface area contributed by atoms with Crippen LogP contribution < -0.4 is 6.25 Å². The number of hydrogen-bond donors (Lipinski definition) is 0. The molecule has 0 saturated heterocycles. The fraction of sp³-hybridized carbons (Fsp3) is 0. The summed E-state index contributed by atoms with van der Waals surface area (Å²) in [4.78, 5) is 0. The molecule has 0 heterocycles. The number of rotatable bonds is 2. The van der Waals surface area contributed by atoms with Crippen LogP contribution in [0.2, 0.25) is 0 Å². The van der Waals surface area contributed by atoms with Crippen LogP contribution >= 0.6 is 0 Å². The maximum absolute atomic E-state index is 14.9. The monoisotopic (exact) mass is 620 g/mol. The van der Waals surface area contributed by atoms with Gasteiger partial charge in [-0.3, -0.25) is 0 Å². The molecule has 4 rings (SSSR count). The van der Waals surface area contributed by atoms with E-state index < -0.39 is 133 Å². The SMILES string of the molecule is Fc1c(F)c(F)c2c(F)[c]([Cd][c]3c(F)c(F)c4c(F)c(F)c(F)c(F)c4c3F)c(F)c(F)c2c1F. The first-order valence-corrected chi connectivity index (χ1v) is 12.9. The summed E-state index contributed by atoms with van der Waals surface area (Å²) in [6.45, 7) is 0. The van der Waals surface area contributed by atoms with Crippen LogP contribution in [0.3, 0.4) is 0 Å². The molecule has 0 bridgehead atoms. The van der Waals surface area contributed by atoms with Crippen LogP contribution in [0, 0.1) is 81.4 Å². The van der Waals surface area contributed by atoms with Gasteiger partial charge < -0.3 is 0 Å². The fourth-order valence-corrected chi connectivity index (χ4v) is 8.23. The van der Waals surface area contributed by atoms with Gasteiger partial charge in [-0.2, -0.15) is 0 Å². The van der Waals surface area contributed by atoms with Crippen molar-refractivity contribution in [1.82, 2.24) is 0 Å². The Morgan fingerprint density at radius 1 is 0.229 bits per heavy atom. The van der Waals surface area contributed by atoms with E-state index in [4.69, 9.17) is 0 Å². The predicted molar refractivity (Wildman–Crippen MR) is 86.6 cm³/mol. The minimum atomic E-state index is -4.51. The predicted octanol–water partition coefficient (Wildman–Crippen LogP) is 5.97. The van der Waals surface area contributed by atoms with E-state index in [9.17, 15) is 61.5 Å². The van der Waals surface area contributed by atoms with Crippen molar-refractivity contribution >= 4 is 27.8 Å². The van der Waals surface area contributed by atoms with Crippen molar-refractivity contribution in [3.05, 3.63) is 81.4 Å². The topological polar surface area (TPSA) is 0 Å².